The highest BCUT2D eigenvalue weighted by Crippen LogP contribution is 2.34. The van der Waals surface area contributed by atoms with Crippen molar-refractivity contribution in [1.29, 1.82) is 0 Å². The van der Waals surface area contributed by atoms with Gasteiger partial charge in [0.15, 0.2) is 5.13 Å². The zero-order chi connectivity index (χ0) is 22.7. The Balaban J connectivity index is 1.73. The van der Waals surface area contributed by atoms with Crippen molar-refractivity contribution in [3.8, 4) is 11.5 Å². The molecule has 0 aliphatic rings. The molecule has 0 radical (unpaired) electrons. The number of benzene rings is 3. The summed E-state index contributed by atoms with van der Waals surface area (Å²) in [6.07, 6.45) is 0. The first-order valence-electron chi connectivity index (χ1n) is 10.6. The first-order chi connectivity index (χ1) is 15.4. The average molecular weight is 446 g/mol. The normalized spacial score (nSPS) is 11.2. The fourth-order valence-corrected chi connectivity index (χ4v) is 4.72. The molecule has 0 aliphatic heterocycles. The number of aromatic nitrogens is 1. The molecule has 4 aromatic rings. The number of thiazole rings is 1. The van der Waals surface area contributed by atoms with E-state index < -0.39 is 0 Å². The van der Waals surface area contributed by atoms with Crippen LogP contribution in [0.4, 0.5) is 5.13 Å². The summed E-state index contributed by atoms with van der Waals surface area (Å²) in [5.74, 6) is 1.11. The predicted molar refractivity (Wildman–Crippen MR) is 132 cm³/mol. The van der Waals surface area contributed by atoms with Crippen molar-refractivity contribution in [2.75, 3.05) is 32.1 Å². The monoisotopic (exact) mass is 445 g/mol. The zero-order valence-electron chi connectivity index (χ0n) is 18.8. The summed E-state index contributed by atoms with van der Waals surface area (Å²) in [5, 5.41) is 0.704. The number of fused-ring (bicyclic) bond motifs is 1. The molecule has 0 fully saturated rings. The van der Waals surface area contributed by atoms with Crippen molar-refractivity contribution in [3.63, 3.8) is 0 Å². The van der Waals surface area contributed by atoms with Crippen LogP contribution >= 0.6 is 11.3 Å². The number of amides is 1. The topological polar surface area (TPSA) is 45.7 Å². The molecule has 32 heavy (non-hydrogen) atoms. The van der Waals surface area contributed by atoms with Crippen molar-refractivity contribution in [1.82, 2.24) is 9.88 Å². The largest absolute Gasteiger partial charge is 0.457 e. The van der Waals surface area contributed by atoms with Gasteiger partial charge in [-0.3, -0.25) is 9.69 Å². The van der Waals surface area contributed by atoms with Crippen LogP contribution < -0.4 is 9.64 Å². The van der Waals surface area contributed by atoms with Crippen LogP contribution in [0.1, 0.15) is 21.5 Å². The maximum absolute atomic E-state index is 13.8. The van der Waals surface area contributed by atoms with Gasteiger partial charge in [0.25, 0.3) is 5.91 Å². The number of nitrogens with zero attached hydrogens (tertiary/aromatic N) is 3. The highest BCUT2D eigenvalue weighted by molar-refractivity contribution is 7.22. The van der Waals surface area contributed by atoms with Gasteiger partial charge in [-0.25, -0.2) is 4.98 Å². The van der Waals surface area contributed by atoms with Crippen molar-refractivity contribution >= 4 is 32.6 Å². The maximum Gasteiger partial charge on any atom is 0.263 e. The first kappa shape index (κ1) is 22.0. The van der Waals surface area contributed by atoms with Crippen molar-refractivity contribution in [3.05, 3.63) is 83.4 Å². The lowest BCUT2D eigenvalue weighted by atomic mass is 10.1. The van der Waals surface area contributed by atoms with E-state index in [9.17, 15) is 4.79 Å². The molecule has 0 spiro atoms. The van der Waals surface area contributed by atoms with Crippen LogP contribution in [-0.2, 0) is 0 Å². The standard InChI is InChI=1S/C26H27N3O2S/c1-18-16-19(2)24-23(17-18)32-26(27-24)29(15-14-28(3)4)25(30)21-12-8-9-13-22(21)31-20-10-6-5-7-11-20/h5-13,16-17H,14-15H2,1-4H3. The van der Waals surface area contributed by atoms with Gasteiger partial charge in [0.1, 0.15) is 11.5 Å². The Labute approximate surface area is 192 Å². The Morgan fingerprint density at radius 1 is 0.969 bits per heavy atom. The molecule has 1 heterocycles. The molecule has 0 saturated heterocycles. The van der Waals surface area contributed by atoms with Crippen LogP contribution in [0.2, 0.25) is 0 Å². The van der Waals surface area contributed by atoms with Gasteiger partial charge in [0, 0.05) is 13.1 Å². The van der Waals surface area contributed by atoms with E-state index in [1.807, 2.05) is 68.7 Å². The zero-order valence-corrected chi connectivity index (χ0v) is 19.6. The van der Waals surface area contributed by atoms with Crippen LogP contribution in [0, 0.1) is 13.8 Å². The molecule has 1 amide bonds. The van der Waals surface area contributed by atoms with Crippen molar-refractivity contribution in [2.24, 2.45) is 0 Å². The molecule has 0 atom stereocenters. The lowest BCUT2D eigenvalue weighted by molar-refractivity contribution is 0.0983. The van der Waals surface area contributed by atoms with Gasteiger partial charge in [0.05, 0.1) is 15.8 Å². The molecule has 0 N–H and O–H groups in total. The molecule has 0 saturated carbocycles. The van der Waals surface area contributed by atoms with Gasteiger partial charge in [-0.2, -0.15) is 0 Å². The third-order valence-corrected chi connectivity index (χ3v) is 6.18. The summed E-state index contributed by atoms with van der Waals surface area (Å²) in [5.41, 5.74) is 3.78. The van der Waals surface area contributed by atoms with Crippen LogP contribution in [0.3, 0.4) is 0 Å². The summed E-state index contributed by atoms with van der Waals surface area (Å²) < 4.78 is 7.15. The highest BCUT2D eigenvalue weighted by Gasteiger charge is 2.24. The lowest BCUT2D eigenvalue weighted by Crippen LogP contribution is -2.36. The van der Waals surface area contributed by atoms with Crippen LogP contribution in [0.5, 0.6) is 11.5 Å². The van der Waals surface area contributed by atoms with E-state index in [1.54, 1.807) is 16.2 Å². The summed E-state index contributed by atoms with van der Waals surface area (Å²) in [6.45, 7) is 5.40. The Morgan fingerprint density at radius 3 is 2.44 bits per heavy atom. The number of anilines is 1. The van der Waals surface area contributed by atoms with Crippen molar-refractivity contribution < 1.29 is 9.53 Å². The number of carbonyl (C=O) groups is 1. The van der Waals surface area contributed by atoms with E-state index in [2.05, 4.69) is 30.9 Å². The molecular formula is C26H27N3O2S. The quantitative estimate of drug-likeness (QED) is 0.355. The minimum atomic E-state index is -0.119. The SMILES string of the molecule is Cc1cc(C)c2nc(N(CCN(C)C)C(=O)c3ccccc3Oc3ccccc3)sc2c1. The van der Waals surface area contributed by atoms with Crippen LogP contribution in [0.15, 0.2) is 66.7 Å². The Bertz CT molecular complexity index is 1230. The third kappa shape index (κ3) is 4.82. The number of rotatable bonds is 7. The van der Waals surface area contributed by atoms with E-state index in [1.165, 1.54) is 5.56 Å². The molecule has 3 aromatic carbocycles. The summed E-state index contributed by atoms with van der Waals surface area (Å²) in [4.78, 5) is 22.5. The van der Waals surface area contributed by atoms with Crippen LogP contribution in [-0.4, -0.2) is 43.0 Å². The second-order valence-electron chi connectivity index (χ2n) is 8.10. The van der Waals surface area contributed by atoms with E-state index in [-0.39, 0.29) is 5.91 Å². The Hall–Kier alpha value is -3.22. The molecule has 5 nitrogen and oxygen atoms in total. The number of ether oxygens (including phenoxy) is 1. The number of carbonyl (C=O) groups excluding carboxylic acids is 1. The second kappa shape index (κ2) is 9.51. The molecule has 164 valence electrons. The minimum Gasteiger partial charge on any atom is -0.457 e. The van der Waals surface area contributed by atoms with Gasteiger partial charge in [-0.1, -0.05) is 47.7 Å². The summed E-state index contributed by atoms with van der Waals surface area (Å²) in [6, 6.07) is 21.2. The molecule has 6 heteroatoms. The lowest BCUT2D eigenvalue weighted by Gasteiger charge is -2.23. The number of hydrogen-bond acceptors (Lipinski definition) is 5. The Kier molecular flexibility index (Phi) is 6.53. The van der Waals surface area contributed by atoms with Gasteiger partial charge in [-0.05, 0) is 69.4 Å². The Morgan fingerprint density at radius 2 is 1.69 bits per heavy atom. The van der Waals surface area contributed by atoms with Crippen LogP contribution in [0.25, 0.3) is 10.2 Å². The molecule has 4 rings (SSSR count). The van der Waals surface area contributed by atoms with Gasteiger partial charge in [0.2, 0.25) is 0 Å². The number of hydrogen-bond donors (Lipinski definition) is 0. The predicted octanol–water partition coefficient (Wildman–Crippen LogP) is 5.91. The third-order valence-electron chi connectivity index (χ3n) is 5.15. The number of likely N-dealkylation sites (N-methyl/N-ethyl adjacent to an activating group) is 1. The minimum absolute atomic E-state index is 0.119. The van der Waals surface area contributed by atoms with Crippen molar-refractivity contribution in [2.45, 2.75) is 13.8 Å². The molecule has 1 aromatic heterocycles. The smallest absolute Gasteiger partial charge is 0.263 e. The number of aryl methyl sites for hydroxylation is 2. The van der Waals surface area contributed by atoms with Gasteiger partial charge >= 0.3 is 0 Å². The van der Waals surface area contributed by atoms with Gasteiger partial charge < -0.3 is 9.64 Å². The molecular weight excluding hydrogens is 418 g/mol. The molecule has 0 bridgehead atoms. The van der Waals surface area contributed by atoms with E-state index in [4.69, 9.17) is 9.72 Å². The number of para-hydroxylation sites is 2. The van der Waals surface area contributed by atoms with E-state index in [0.717, 1.165) is 22.3 Å². The fourth-order valence-electron chi connectivity index (χ4n) is 3.55. The van der Waals surface area contributed by atoms with Gasteiger partial charge in [-0.15, -0.1) is 0 Å². The first-order valence-corrected chi connectivity index (χ1v) is 11.4. The highest BCUT2D eigenvalue weighted by atomic mass is 32.1. The van der Waals surface area contributed by atoms with E-state index >= 15 is 0 Å². The summed E-state index contributed by atoms with van der Waals surface area (Å²) in [7, 11) is 4.00. The molecule has 0 aliphatic carbocycles. The summed E-state index contributed by atoms with van der Waals surface area (Å²) >= 11 is 1.55. The average Bonchev–Trinajstić information content (AvgIpc) is 3.18. The molecule has 0 unspecified atom stereocenters. The maximum atomic E-state index is 13.8. The second-order valence-corrected chi connectivity index (χ2v) is 9.11. The van der Waals surface area contributed by atoms with E-state index in [0.29, 0.717) is 28.7 Å². The fraction of sp³-hybridized carbons (Fsp3) is 0.231.